The zero-order chi connectivity index (χ0) is 19.8. The highest BCUT2D eigenvalue weighted by Crippen LogP contribution is 2.25. The van der Waals surface area contributed by atoms with Crippen LogP contribution in [0.5, 0.6) is 0 Å². The summed E-state index contributed by atoms with van der Waals surface area (Å²) in [5, 5.41) is 0. The van der Waals surface area contributed by atoms with Crippen molar-refractivity contribution < 1.29 is 0 Å². The maximum atomic E-state index is 4.91. The molecule has 0 fully saturated rings. The molecule has 146 valence electrons. The second kappa shape index (κ2) is 7.33. The van der Waals surface area contributed by atoms with Gasteiger partial charge in [0.15, 0.2) is 5.82 Å². The third-order valence-electron chi connectivity index (χ3n) is 5.38. The molecule has 5 rings (SSSR count). The Morgan fingerprint density at radius 3 is 2.69 bits per heavy atom. The number of nitrogens with zero attached hydrogens (tertiary/aromatic N) is 7. The van der Waals surface area contributed by atoms with E-state index in [1.54, 1.807) is 12.4 Å². The normalized spacial score (nSPS) is 14.4. The standard InChI is InChI=1S/C22H23N7/c1-15(2)29-20-6-4-3-5-19(20)26-21(29)13-28-8-7-18-17(12-28)11-25-22(27-18)16-9-23-14-24-10-16/h3-6,9-11,14-15H,7-8,12-13H2,1-2H3. The molecule has 4 heterocycles. The first-order valence-corrected chi connectivity index (χ1v) is 9.97. The zero-order valence-electron chi connectivity index (χ0n) is 16.7. The quantitative estimate of drug-likeness (QED) is 0.536. The topological polar surface area (TPSA) is 72.6 Å². The summed E-state index contributed by atoms with van der Waals surface area (Å²) in [6.45, 7) is 7.04. The first kappa shape index (κ1) is 17.9. The average Bonchev–Trinajstić information content (AvgIpc) is 3.12. The minimum atomic E-state index is 0.369. The van der Waals surface area contributed by atoms with Crippen molar-refractivity contribution in [3.63, 3.8) is 0 Å². The summed E-state index contributed by atoms with van der Waals surface area (Å²) in [6.07, 6.45) is 7.87. The third kappa shape index (κ3) is 3.38. The van der Waals surface area contributed by atoms with Gasteiger partial charge in [0.25, 0.3) is 0 Å². The van der Waals surface area contributed by atoms with E-state index in [4.69, 9.17) is 9.97 Å². The number of aromatic nitrogens is 6. The molecule has 0 unspecified atom stereocenters. The monoisotopic (exact) mass is 385 g/mol. The van der Waals surface area contributed by atoms with Crippen LogP contribution in [0.15, 0.2) is 49.2 Å². The molecule has 0 aliphatic carbocycles. The number of benzene rings is 1. The first-order valence-electron chi connectivity index (χ1n) is 9.97. The lowest BCUT2D eigenvalue weighted by molar-refractivity contribution is 0.233. The molecule has 0 saturated carbocycles. The van der Waals surface area contributed by atoms with Crippen LogP contribution in [0.25, 0.3) is 22.4 Å². The molecule has 1 aromatic carbocycles. The van der Waals surface area contributed by atoms with Crippen LogP contribution in [0.2, 0.25) is 0 Å². The van der Waals surface area contributed by atoms with Crippen LogP contribution >= 0.6 is 0 Å². The average molecular weight is 385 g/mol. The van der Waals surface area contributed by atoms with Crippen LogP contribution in [0, 0.1) is 0 Å². The smallest absolute Gasteiger partial charge is 0.162 e. The van der Waals surface area contributed by atoms with Gasteiger partial charge in [-0.05, 0) is 26.0 Å². The fourth-order valence-corrected chi connectivity index (χ4v) is 4.05. The van der Waals surface area contributed by atoms with Crippen LogP contribution in [-0.4, -0.2) is 40.9 Å². The second-order valence-electron chi connectivity index (χ2n) is 7.73. The zero-order valence-corrected chi connectivity index (χ0v) is 16.7. The molecule has 0 bridgehead atoms. The number of hydrogen-bond donors (Lipinski definition) is 0. The molecule has 0 spiro atoms. The van der Waals surface area contributed by atoms with E-state index in [0.29, 0.717) is 11.9 Å². The summed E-state index contributed by atoms with van der Waals surface area (Å²) in [6, 6.07) is 8.74. The van der Waals surface area contributed by atoms with E-state index in [1.807, 2.05) is 12.3 Å². The van der Waals surface area contributed by atoms with Gasteiger partial charge >= 0.3 is 0 Å². The van der Waals surface area contributed by atoms with Gasteiger partial charge < -0.3 is 4.57 Å². The molecule has 4 aromatic rings. The van der Waals surface area contributed by atoms with E-state index >= 15 is 0 Å². The van der Waals surface area contributed by atoms with Crippen molar-refractivity contribution in [2.24, 2.45) is 0 Å². The van der Waals surface area contributed by atoms with Gasteiger partial charge in [-0.1, -0.05) is 12.1 Å². The number of para-hydroxylation sites is 2. The summed E-state index contributed by atoms with van der Waals surface area (Å²) in [4.78, 5) is 24.8. The number of hydrogen-bond acceptors (Lipinski definition) is 6. The van der Waals surface area contributed by atoms with Gasteiger partial charge in [-0.3, -0.25) is 4.90 Å². The number of fused-ring (bicyclic) bond motifs is 2. The fraction of sp³-hybridized carbons (Fsp3) is 0.318. The Morgan fingerprint density at radius 2 is 1.86 bits per heavy atom. The predicted molar refractivity (Wildman–Crippen MR) is 111 cm³/mol. The summed E-state index contributed by atoms with van der Waals surface area (Å²) < 4.78 is 2.35. The van der Waals surface area contributed by atoms with Crippen molar-refractivity contribution >= 4 is 11.0 Å². The van der Waals surface area contributed by atoms with Gasteiger partial charge in [0.2, 0.25) is 0 Å². The highest BCUT2D eigenvalue weighted by molar-refractivity contribution is 5.76. The van der Waals surface area contributed by atoms with E-state index in [-0.39, 0.29) is 0 Å². The SMILES string of the molecule is CC(C)n1c(CN2CCc3nc(-c4cncnc4)ncc3C2)nc2ccccc21. The van der Waals surface area contributed by atoms with Crippen molar-refractivity contribution in [1.82, 2.24) is 34.4 Å². The van der Waals surface area contributed by atoms with Crippen LogP contribution in [0.3, 0.4) is 0 Å². The van der Waals surface area contributed by atoms with Gasteiger partial charge in [-0.25, -0.2) is 24.9 Å². The van der Waals surface area contributed by atoms with E-state index in [9.17, 15) is 0 Å². The molecular formula is C22H23N7. The van der Waals surface area contributed by atoms with Crippen LogP contribution in [0.1, 0.15) is 37.0 Å². The Kier molecular flexibility index (Phi) is 4.52. The number of rotatable bonds is 4. The Hall–Kier alpha value is -3.19. The maximum Gasteiger partial charge on any atom is 0.162 e. The maximum absolute atomic E-state index is 4.91. The van der Waals surface area contributed by atoms with Gasteiger partial charge in [-0.2, -0.15) is 0 Å². The van der Waals surface area contributed by atoms with E-state index in [0.717, 1.165) is 48.7 Å². The summed E-state index contributed by atoms with van der Waals surface area (Å²) in [5.74, 6) is 1.81. The Bertz CT molecular complexity index is 1150. The van der Waals surface area contributed by atoms with Gasteiger partial charge in [0.05, 0.1) is 28.8 Å². The molecule has 0 saturated heterocycles. The molecule has 1 aliphatic heterocycles. The van der Waals surface area contributed by atoms with E-state index in [2.05, 4.69) is 56.5 Å². The lowest BCUT2D eigenvalue weighted by Crippen LogP contribution is -2.32. The molecule has 0 radical (unpaired) electrons. The van der Waals surface area contributed by atoms with Crippen molar-refractivity contribution in [1.29, 1.82) is 0 Å². The second-order valence-corrected chi connectivity index (χ2v) is 7.73. The van der Waals surface area contributed by atoms with Crippen molar-refractivity contribution in [2.75, 3.05) is 6.54 Å². The minimum absolute atomic E-state index is 0.369. The molecular weight excluding hydrogens is 362 g/mol. The molecule has 0 atom stereocenters. The van der Waals surface area contributed by atoms with Gasteiger partial charge in [0.1, 0.15) is 12.2 Å². The molecule has 0 N–H and O–H groups in total. The lowest BCUT2D eigenvalue weighted by Gasteiger charge is -2.28. The number of imidazole rings is 1. The lowest BCUT2D eigenvalue weighted by atomic mass is 10.1. The highest BCUT2D eigenvalue weighted by atomic mass is 15.2. The molecule has 0 amide bonds. The van der Waals surface area contributed by atoms with Crippen LogP contribution < -0.4 is 0 Å². The Balaban J connectivity index is 1.39. The fourth-order valence-electron chi connectivity index (χ4n) is 4.05. The first-order chi connectivity index (χ1) is 14.2. The van der Waals surface area contributed by atoms with Crippen molar-refractivity contribution in [3.05, 3.63) is 66.3 Å². The van der Waals surface area contributed by atoms with E-state index < -0.39 is 0 Å². The molecule has 3 aromatic heterocycles. The Labute approximate surface area is 169 Å². The van der Waals surface area contributed by atoms with E-state index in [1.165, 1.54) is 17.4 Å². The van der Waals surface area contributed by atoms with Crippen molar-refractivity contribution in [2.45, 2.75) is 39.4 Å². The van der Waals surface area contributed by atoms with Crippen LogP contribution in [-0.2, 0) is 19.5 Å². The van der Waals surface area contributed by atoms with Crippen molar-refractivity contribution in [3.8, 4) is 11.4 Å². The molecule has 7 nitrogen and oxygen atoms in total. The molecule has 29 heavy (non-hydrogen) atoms. The highest BCUT2D eigenvalue weighted by Gasteiger charge is 2.22. The predicted octanol–water partition coefficient (Wildman–Crippen LogP) is 3.42. The Morgan fingerprint density at radius 1 is 1.03 bits per heavy atom. The summed E-state index contributed by atoms with van der Waals surface area (Å²) >= 11 is 0. The van der Waals surface area contributed by atoms with Crippen LogP contribution in [0.4, 0.5) is 0 Å². The molecule has 7 heteroatoms. The largest absolute Gasteiger partial charge is 0.324 e. The summed E-state index contributed by atoms with van der Waals surface area (Å²) in [5.41, 5.74) is 5.42. The summed E-state index contributed by atoms with van der Waals surface area (Å²) in [7, 11) is 0. The van der Waals surface area contributed by atoms with Gasteiger partial charge in [0, 0.05) is 49.7 Å². The molecule has 1 aliphatic rings. The third-order valence-corrected chi connectivity index (χ3v) is 5.38. The minimum Gasteiger partial charge on any atom is -0.324 e. The van der Waals surface area contributed by atoms with Gasteiger partial charge in [-0.15, -0.1) is 0 Å².